The Hall–Kier alpha value is -1.35. The molecule has 3 N–H and O–H groups in total. The van der Waals surface area contributed by atoms with Crippen molar-refractivity contribution in [3.05, 3.63) is 32.8 Å². The number of rotatable bonds is 4. The Balaban J connectivity index is 3.37. The SMILES string of the molecule is CC(Nc1cc(Cl)c(C(F)(F)F)cc1[N+](=O)[O-])P(=O)(O)O. The minimum atomic E-state index is -4.89. The van der Waals surface area contributed by atoms with E-state index in [2.05, 4.69) is 5.32 Å². The molecule has 0 bridgehead atoms. The molecule has 0 aromatic heterocycles. The van der Waals surface area contributed by atoms with Crippen molar-refractivity contribution in [1.82, 2.24) is 0 Å². The number of halogens is 4. The number of nitrogens with one attached hydrogen (secondary N) is 1. The normalized spacial score (nSPS) is 13.9. The van der Waals surface area contributed by atoms with E-state index in [1.54, 1.807) is 0 Å². The molecule has 118 valence electrons. The number of anilines is 1. The van der Waals surface area contributed by atoms with Gasteiger partial charge in [0.15, 0.2) is 0 Å². The highest BCUT2D eigenvalue weighted by Crippen LogP contribution is 2.44. The van der Waals surface area contributed by atoms with Crippen molar-refractivity contribution in [3.63, 3.8) is 0 Å². The summed E-state index contributed by atoms with van der Waals surface area (Å²) >= 11 is 5.41. The van der Waals surface area contributed by atoms with E-state index in [0.717, 1.165) is 6.92 Å². The van der Waals surface area contributed by atoms with Gasteiger partial charge >= 0.3 is 13.8 Å². The summed E-state index contributed by atoms with van der Waals surface area (Å²) in [5.74, 6) is -1.54. The van der Waals surface area contributed by atoms with E-state index in [9.17, 15) is 27.9 Å². The molecule has 0 saturated heterocycles. The molecule has 0 amide bonds. The van der Waals surface area contributed by atoms with Gasteiger partial charge in [-0.05, 0) is 13.0 Å². The Labute approximate surface area is 121 Å². The van der Waals surface area contributed by atoms with E-state index in [4.69, 9.17) is 21.4 Å². The number of nitro groups is 1. The van der Waals surface area contributed by atoms with Crippen molar-refractivity contribution >= 4 is 30.6 Å². The van der Waals surface area contributed by atoms with Crippen LogP contribution in [0.3, 0.4) is 0 Å². The molecule has 0 heterocycles. The molecule has 0 radical (unpaired) electrons. The van der Waals surface area contributed by atoms with Crippen molar-refractivity contribution in [2.45, 2.75) is 18.9 Å². The van der Waals surface area contributed by atoms with Gasteiger partial charge in [-0.15, -0.1) is 0 Å². The van der Waals surface area contributed by atoms with Gasteiger partial charge < -0.3 is 15.1 Å². The molecule has 7 nitrogen and oxygen atoms in total. The second kappa shape index (κ2) is 5.80. The Morgan fingerprint density at radius 3 is 2.33 bits per heavy atom. The Morgan fingerprint density at radius 1 is 1.43 bits per heavy atom. The van der Waals surface area contributed by atoms with E-state index in [0.29, 0.717) is 6.07 Å². The van der Waals surface area contributed by atoms with Crippen LogP contribution in [0.5, 0.6) is 0 Å². The summed E-state index contributed by atoms with van der Waals surface area (Å²) in [7, 11) is -4.63. The number of hydrogen-bond donors (Lipinski definition) is 3. The molecule has 1 rings (SSSR count). The molecular formula is C9H9ClF3N2O5P. The average molecular weight is 349 g/mol. The maximum absolute atomic E-state index is 12.6. The number of nitro benzene ring substituents is 1. The van der Waals surface area contributed by atoms with Gasteiger partial charge in [0.25, 0.3) is 5.69 Å². The highest BCUT2D eigenvalue weighted by molar-refractivity contribution is 7.52. The van der Waals surface area contributed by atoms with Crippen LogP contribution in [0.25, 0.3) is 0 Å². The van der Waals surface area contributed by atoms with Crippen LogP contribution < -0.4 is 5.32 Å². The van der Waals surface area contributed by atoms with E-state index in [1.807, 2.05) is 0 Å². The lowest BCUT2D eigenvalue weighted by molar-refractivity contribution is -0.384. The van der Waals surface area contributed by atoms with Crippen LogP contribution in [-0.4, -0.2) is 20.5 Å². The van der Waals surface area contributed by atoms with Crippen LogP contribution >= 0.6 is 19.2 Å². The number of nitrogens with zero attached hydrogens (tertiary/aromatic N) is 1. The zero-order chi connectivity index (χ0) is 16.6. The summed E-state index contributed by atoms with van der Waals surface area (Å²) < 4.78 is 48.8. The molecule has 0 aliphatic heterocycles. The summed E-state index contributed by atoms with van der Waals surface area (Å²) in [5.41, 5.74) is -2.92. The first-order chi connectivity index (χ1) is 9.34. The van der Waals surface area contributed by atoms with Crippen LogP contribution in [0.2, 0.25) is 5.02 Å². The quantitative estimate of drug-likeness (QED) is 0.437. The molecule has 1 atom stereocenters. The van der Waals surface area contributed by atoms with E-state index in [-0.39, 0.29) is 6.07 Å². The Kier molecular flexibility index (Phi) is 4.89. The standard InChI is InChI=1S/C9H9ClF3N2O5P/c1-4(21(18,19)20)14-7-3-6(10)5(9(11,12)13)2-8(7)15(16)17/h2-4,14H,1H3,(H2,18,19,20). The van der Waals surface area contributed by atoms with Crippen LogP contribution in [0.15, 0.2) is 12.1 Å². The van der Waals surface area contributed by atoms with Gasteiger partial charge in [-0.2, -0.15) is 13.2 Å². The molecule has 21 heavy (non-hydrogen) atoms. The van der Waals surface area contributed by atoms with Crippen molar-refractivity contribution in [1.29, 1.82) is 0 Å². The van der Waals surface area contributed by atoms with E-state index in [1.165, 1.54) is 0 Å². The molecule has 0 saturated carbocycles. The Bertz CT molecular complexity index is 618. The minimum Gasteiger partial charge on any atom is -0.366 e. The first-order valence-electron chi connectivity index (χ1n) is 5.21. The lowest BCUT2D eigenvalue weighted by Gasteiger charge is -2.18. The van der Waals surface area contributed by atoms with Crippen molar-refractivity contribution < 1.29 is 32.4 Å². The molecular weight excluding hydrogens is 340 g/mol. The van der Waals surface area contributed by atoms with Crippen LogP contribution in [0.1, 0.15) is 12.5 Å². The van der Waals surface area contributed by atoms with Crippen LogP contribution in [0.4, 0.5) is 24.5 Å². The van der Waals surface area contributed by atoms with Gasteiger partial charge in [-0.1, -0.05) is 11.6 Å². The second-order valence-electron chi connectivity index (χ2n) is 4.01. The van der Waals surface area contributed by atoms with E-state index < -0.39 is 46.4 Å². The predicted molar refractivity (Wildman–Crippen MR) is 68.2 cm³/mol. The molecule has 0 spiro atoms. The third-order valence-corrected chi connectivity index (χ3v) is 3.91. The molecule has 12 heteroatoms. The van der Waals surface area contributed by atoms with Gasteiger partial charge in [0.1, 0.15) is 11.5 Å². The summed E-state index contributed by atoms with van der Waals surface area (Å²) in [6.45, 7) is 1.02. The molecule has 1 aromatic rings. The summed E-state index contributed by atoms with van der Waals surface area (Å²) in [5, 5.41) is 12.1. The van der Waals surface area contributed by atoms with E-state index >= 15 is 0 Å². The molecule has 0 aliphatic carbocycles. The largest absolute Gasteiger partial charge is 0.418 e. The number of hydrogen-bond acceptors (Lipinski definition) is 4. The fraction of sp³-hybridized carbons (Fsp3) is 0.333. The van der Waals surface area contributed by atoms with Crippen LogP contribution in [-0.2, 0) is 10.7 Å². The van der Waals surface area contributed by atoms with Gasteiger partial charge in [0, 0.05) is 6.07 Å². The van der Waals surface area contributed by atoms with Crippen LogP contribution in [0, 0.1) is 10.1 Å². The summed E-state index contributed by atoms with van der Waals surface area (Å²) in [4.78, 5) is 27.5. The number of alkyl halides is 3. The van der Waals surface area contributed by atoms with Crippen molar-refractivity contribution in [2.24, 2.45) is 0 Å². The topological polar surface area (TPSA) is 113 Å². The lowest BCUT2D eigenvalue weighted by atomic mass is 10.1. The van der Waals surface area contributed by atoms with Gasteiger partial charge in [-0.25, -0.2) is 0 Å². The molecule has 0 aliphatic rings. The predicted octanol–water partition coefficient (Wildman–Crippen LogP) is 3.20. The lowest BCUT2D eigenvalue weighted by Crippen LogP contribution is -2.17. The third-order valence-electron chi connectivity index (χ3n) is 2.46. The first kappa shape index (κ1) is 17.7. The van der Waals surface area contributed by atoms with Gasteiger partial charge in [0.05, 0.1) is 15.5 Å². The summed E-state index contributed by atoms with van der Waals surface area (Å²) in [6.07, 6.45) is -4.89. The fourth-order valence-electron chi connectivity index (χ4n) is 1.35. The highest BCUT2D eigenvalue weighted by Gasteiger charge is 2.36. The monoisotopic (exact) mass is 348 g/mol. The maximum Gasteiger partial charge on any atom is 0.418 e. The smallest absolute Gasteiger partial charge is 0.366 e. The van der Waals surface area contributed by atoms with Gasteiger partial charge in [-0.3, -0.25) is 14.7 Å². The highest BCUT2D eigenvalue weighted by atomic mass is 35.5. The zero-order valence-electron chi connectivity index (χ0n) is 10.3. The zero-order valence-corrected chi connectivity index (χ0v) is 11.9. The average Bonchev–Trinajstić information content (AvgIpc) is 2.25. The fourth-order valence-corrected chi connectivity index (χ4v) is 1.93. The van der Waals surface area contributed by atoms with Gasteiger partial charge in [0.2, 0.25) is 0 Å². The third kappa shape index (κ3) is 4.31. The van der Waals surface area contributed by atoms with Crippen molar-refractivity contribution in [2.75, 3.05) is 5.32 Å². The minimum absolute atomic E-state index is 0.205. The summed E-state index contributed by atoms with van der Waals surface area (Å²) in [6, 6.07) is 0.811. The van der Waals surface area contributed by atoms with Crippen molar-refractivity contribution in [3.8, 4) is 0 Å². The number of benzene rings is 1. The molecule has 1 aromatic carbocycles. The molecule has 0 fully saturated rings. The second-order valence-corrected chi connectivity index (χ2v) is 6.37. The first-order valence-corrected chi connectivity index (χ1v) is 7.27. The molecule has 1 unspecified atom stereocenters. The maximum atomic E-state index is 12.6. The Morgan fingerprint density at radius 2 is 1.95 bits per heavy atom.